The average Bonchev–Trinajstić information content (AvgIpc) is 3.21. The first-order chi connectivity index (χ1) is 8.99. The lowest BCUT2D eigenvalue weighted by molar-refractivity contribution is -0.132. The van der Waals surface area contributed by atoms with Gasteiger partial charge in [0.15, 0.2) is 0 Å². The van der Waals surface area contributed by atoms with Crippen molar-refractivity contribution in [1.29, 1.82) is 0 Å². The molecule has 3 heteroatoms. The summed E-state index contributed by atoms with van der Waals surface area (Å²) in [6, 6.07) is 8.20. The highest BCUT2D eigenvalue weighted by Gasteiger charge is 2.32. The molecule has 1 aromatic carbocycles. The van der Waals surface area contributed by atoms with Crippen LogP contribution in [-0.4, -0.2) is 23.9 Å². The molecule has 0 saturated heterocycles. The Morgan fingerprint density at radius 1 is 1.32 bits per heavy atom. The molecule has 2 atom stereocenters. The van der Waals surface area contributed by atoms with Crippen LogP contribution in [0, 0.1) is 5.92 Å². The van der Waals surface area contributed by atoms with Crippen LogP contribution in [0.15, 0.2) is 24.3 Å². The van der Waals surface area contributed by atoms with E-state index in [4.69, 9.17) is 5.73 Å². The normalized spacial score (nSPS) is 17.8. The molecule has 19 heavy (non-hydrogen) atoms. The highest BCUT2D eigenvalue weighted by molar-refractivity contribution is 5.77. The van der Waals surface area contributed by atoms with Gasteiger partial charge in [-0.25, -0.2) is 0 Å². The lowest BCUT2D eigenvalue weighted by Crippen LogP contribution is -2.36. The summed E-state index contributed by atoms with van der Waals surface area (Å²) >= 11 is 0. The number of anilines is 1. The molecule has 1 aliphatic rings. The number of hydrogen-bond donors (Lipinski definition) is 1. The molecule has 0 aliphatic heterocycles. The van der Waals surface area contributed by atoms with Gasteiger partial charge in [0.05, 0.1) is 0 Å². The maximum atomic E-state index is 12.3. The minimum atomic E-state index is 0.238. The van der Waals surface area contributed by atoms with Gasteiger partial charge in [-0.3, -0.25) is 4.79 Å². The van der Waals surface area contributed by atoms with Crippen molar-refractivity contribution < 1.29 is 4.79 Å². The maximum Gasteiger partial charge on any atom is 0.223 e. The molecule has 1 fully saturated rings. The smallest absolute Gasteiger partial charge is 0.223 e. The van der Waals surface area contributed by atoms with Gasteiger partial charge in [0.25, 0.3) is 0 Å². The summed E-state index contributed by atoms with van der Waals surface area (Å²) in [7, 11) is 1.93. The number of hydrogen-bond acceptors (Lipinski definition) is 2. The number of nitrogen functional groups attached to an aromatic ring is 1. The van der Waals surface area contributed by atoms with Crippen LogP contribution in [0.1, 0.15) is 44.6 Å². The van der Waals surface area contributed by atoms with E-state index in [9.17, 15) is 4.79 Å². The first kappa shape index (κ1) is 13.9. The van der Waals surface area contributed by atoms with Crippen LogP contribution in [0.4, 0.5) is 5.69 Å². The highest BCUT2D eigenvalue weighted by atomic mass is 16.2. The van der Waals surface area contributed by atoms with Crippen LogP contribution in [0.2, 0.25) is 0 Å². The quantitative estimate of drug-likeness (QED) is 0.827. The van der Waals surface area contributed by atoms with Gasteiger partial charge < -0.3 is 10.6 Å². The fraction of sp³-hybridized carbons (Fsp3) is 0.562. The molecule has 3 nitrogen and oxygen atoms in total. The van der Waals surface area contributed by atoms with E-state index in [0.717, 1.165) is 11.6 Å². The number of amides is 1. The molecule has 0 heterocycles. The summed E-state index contributed by atoms with van der Waals surface area (Å²) in [5, 5.41) is 0. The maximum absolute atomic E-state index is 12.3. The number of carbonyl (C=O) groups excluding carboxylic acids is 1. The number of benzene rings is 1. The molecule has 104 valence electrons. The number of nitrogens with zero attached hydrogens (tertiary/aromatic N) is 1. The van der Waals surface area contributed by atoms with Crippen molar-refractivity contribution in [2.45, 2.75) is 45.1 Å². The molecule has 0 spiro atoms. The number of rotatable bonds is 5. The summed E-state index contributed by atoms with van der Waals surface area (Å²) in [6.45, 7) is 4.25. The van der Waals surface area contributed by atoms with Crippen LogP contribution in [-0.2, 0) is 4.79 Å². The SMILES string of the molecule is CC(CC(=O)N(C)C(C)C1CC1)c1ccc(N)cc1. The Morgan fingerprint density at radius 3 is 2.42 bits per heavy atom. The first-order valence-electron chi connectivity index (χ1n) is 7.10. The molecule has 1 saturated carbocycles. The van der Waals surface area contributed by atoms with Crippen molar-refractivity contribution in [2.75, 3.05) is 12.8 Å². The molecule has 2 unspecified atom stereocenters. The summed E-state index contributed by atoms with van der Waals surface area (Å²) in [4.78, 5) is 14.2. The Balaban J connectivity index is 1.92. The van der Waals surface area contributed by atoms with Crippen molar-refractivity contribution in [3.05, 3.63) is 29.8 Å². The zero-order valence-corrected chi connectivity index (χ0v) is 12.1. The average molecular weight is 260 g/mol. The summed E-state index contributed by atoms with van der Waals surface area (Å²) in [6.07, 6.45) is 3.11. The van der Waals surface area contributed by atoms with Crippen LogP contribution in [0.5, 0.6) is 0 Å². The van der Waals surface area contributed by atoms with Gasteiger partial charge in [0.2, 0.25) is 5.91 Å². The lowest BCUT2D eigenvalue weighted by Gasteiger charge is -2.26. The second-order valence-electron chi connectivity index (χ2n) is 5.85. The van der Waals surface area contributed by atoms with E-state index in [0.29, 0.717) is 12.5 Å². The Bertz CT molecular complexity index is 437. The molecule has 0 radical (unpaired) electrons. The molecule has 2 N–H and O–H groups in total. The minimum absolute atomic E-state index is 0.238. The first-order valence-corrected chi connectivity index (χ1v) is 7.10. The molecule has 0 bridgehead atoms. The van der Waals surface area contributed by atoms with E-state index in [-0.39, 0.29) is 11.8 Å². The molecular weight excluding hydrogens is 236 g/mol. The van der Waals surface area contributed by atoms with Crippen molar-refractivity contribution in [1.82, 2.24) is 4.90 Å². The van der Waals surface area contributed by atoms with Gasteiger partial charge >= 0.3 is 0 Å². The zero-order valence-electron chi connectivity index (χ0n) is 12.1. The van der Waals surface area contributed by atoms with Crippen molar-refractivity contribution >= 4 is 11.6 Å². The van der Waals surface area contributed by atoms with Crippen molar-refractivity contribution in [3.63, 3.8) is 0 Å². The third kappa shape index (κ3) is 3.49. The van der Waals surface area contributed by atoms with Crippen LogP contribution in [0.25, 0.3) is 0 Å². The van der Waals surface area contributed by atoms with Crippen molar-refractivity contribution in [3.8, 4) is 0 Å². The Kier molecular flexibility index (Phi) is 4.13. The summed E-state index contributed by atoms with van der Waals surface area (Å²) in [5.41, 5.74) is 7.62. The van der Waals surface area contributed by atoms with E-state index in [1.807, 2.05) is 36.2 Å². The standard InChI is InChI=1S/C16H24N2O/c1-11(13-6-8-15(17)9-7-13)10-16(19)18(3)12(2)14-4-5-14/h6-9,11-12,14H,4-5,10,17H2,1-3H3. The molecule has 1 amide bonds. The van der Waals surface area contributed by atoms with Crippen LogP contribution in [0.3, 0.4) is 0 Å². The van der Waals surface area contributed by atoms with Gasteiger partial charge in [-0.05, 0) is 49.3 Å². The molecule has 2 rings (SSSR count). The molecule has 1 aromatic rings. The lowest BCUT2D eigenvalue weighted by atomic mass is 9.96. The van der Waals surface area contributed by atoms with E-state index in [1.54, 1.807) is 0 Å². The summed E-state index contributed by atoms with van der Waals surface area (Å²) < 4.78 is 0. The third-order valence-electron chi connectivity index (χ3n) is 4.29. The minimum Gasteiger partial charge on any atom is -0.399 e. The molecular formula is C16H24N2O. The van der Waals surface area contributed by atoms with Crippen molar-refractivity contribution in [2.24, 2.45) is 5.92 Å². The summed E-state index contributed by atoms with van der Waals surface area (Å²) in [5.74, 6) is 1.20. The fourth-order valence-corrected chi connectivity index (χ4v) is 2.47. The molecule has 0 aromatic heterocycles. The van der Waals surface area contributed by atoms with E-state index in [1.165, 1.54) is 18.4 Å². The van der Waals surface area contributed by atoms with E-state index < -0.39 is 0 Å². The Hall–Kier alpha value is -1.51. The van der Waals surface area contributed by atoms with Gasteiger partial charge in [-0.1, -0.05) is 19.1 Å². The predicted octanol–water partition coefficient (Wildman–Crippen LogP) is 3.02. The van der Waals surface area contributed by atoms with Crippen LogP contribution >= 0.6 is 0 Å². The van der Waals surface area contributed by atoms with E-state index >= 15 is 0 Å². The van der Waals surface area contributed by atoms with Crippen LogP contribution < -0.4 is 5.73 Å². The third-order valence-corrected chi connectivity index (χ3v) is 4.29. The predicted molar refractivity (Wildman–Crippen MR) is 78.8 cm³/mol. The van der Waals surface area contributed by atoms with Gasteiger partial charge in [0, 0.05) is 25.2 Å². The molecule has 1 aliphatic carbocycles. The monoisotopic (exact) mass is 260 g/mol. The fourth-order valence-electron chi connectivity index (χ4n) is 2.47. The van der Waals surface area contributed by atoms with Gasteiger partial charge in [-0.15, -0.1) is 0 Å². The number of nitrogens with two attached hydrogens (primary N) is 1. The van der Waals surface area contributed by atoms with Gasteiger partial charge in [0.1, 0.15) is 0 Å². The number of carbonyl (C=O) groups is 1. The highest BCUT2D eigenvalue weighted by Crippen LogP contribution is 2.35. The van der Waals surface area contributed by atoms with E-state index in [2.05, 4.69) is 13.8 Å². The second-order valence-corrected chi connectivity index (χ2v) is 5.85. The zero-order chi connectivity index (χ0) is 14.0. The van der Waals surface area contributed by atoms with Gasteiger partial charge in [-0.2, -0.15) is 0 Å². The topological polar surface area (TPSA) is 46.3 Å². The Morgan fingerprint density at radius 2 is 1.89 bits per heavy atom. The largest absolute Gasteiger partial charge is 0.399 e. The Labute approximate surface area is 115 Å². The second kappa shape index (κ2) is 5.64.